The predicted octanol–water partition coefficient (Wildman–Crippen LogP) is 2.19. The summed E-state index contributed by atoms with van der Waals surface area (Å²) in [7, 11) is 1.65. The highest BCUT2D eigenvalue weighted by molar-refractivity contribution is 9.10. The Hall–Kier alpha value is -0.580. The van der Waals surface area contributed by atoms with Gasteiger partial charge in [-0.05, 0) is 23.8 Å². The summed E-state index contributed by atoms with van der Waals surface area (Å²) in [5.41, 5.74) is 7.48. The van der Waals surface area contributed by atoms with Gasteiger partial charge in [-0.1, -0.05) is 15.9 Å². The number of methoxy groups -OCH3 is 1. The van der Waals surface area contributed by atoms with Crippen molar-refractivity contribution in [1.29, 1.82) is 0 Å². The first kappa shape index (κ1) is 11.5. The fourth-order valence-corrected chi connectivity index (χ4v) is 1.65. The van der Waals surface area contributed by atoms with Crippen LogP contribution in [0.1, 0.15) is 5.56 Å². The molecule has 0 aliphatic heterocycles. The van der Waals surface area contributed by atoms with Gasteiger partial charge in [0.15, 0.2) is 0 Å². The normalized spacial score (nSPS) is 10.4. The molecule has 0 aromatic heterocycles. The molecule has 0 spiro atoms. The standard InChI is InChI=1S/C10H14BrNO2/c1-13-2-3-14-7-8-4-9(11)6-10(12)5-8/h4-6H,2-3,7,12H2,1H3. The molecule has 14 heavy (non-hydrogen) atoms. The molecule has 78 valence electrons. The van der Waals surface area contributed by atoms with E-state index in [1.165, 1.54) is 0 Å². The van der Waals surface area contributed by atoms with E-state index in [1.54, 1.807) is 7.11 Å². The van der Waals surface area contributed by atoms with E-state index >= 15 is 0 Å². The molecule has 0 aliphatic carbocycles. The first-order valence-corrected chi connectivity index (χ1v) is 5.13. The fourth-order valence-electron chi connectivity index (χ4n) is 1.09. The Morgan fingerprint density at radius 1 is 1.29 bits per heavy atom. The van der Waals surface area contributed by atoms with Gasteiger partial charge in [0.05, 0.1) is 19.8 Å². The van der Waals surface area contributed by atoms with E-state index < -0.39 is 0 Å². The number of hydrogen-bond donors (Lipinski definition) is 1. The summed E-state index contributed by atoms with van der Waals surface area (Å²) in [5.74, 6) is 0. The lowest BCUT2D eigenvalue weighted by molar-refractivity contribution is 0.0616. The molecule has 0 amide bonds. The van der Waals surface area contributed by atoms with Gasteiger partial charge in [-0.3, -0.25) is 0 Å². The third-order valence-electron chi connectivity index (χ3n) is 1.68. The Balaban J connectivity index is 2.42. The highest BCUT2D eigenvalue weighted by Gasteiger charge is 1.97. The maximum Gasteiger partial charge on any atom is 0.0719 e. The average Bonchev–Trinajstić information content (AvgIpc) is 2.11. The summed E-state index contributed by atoms with van der Waals surface area (Å²) in [6.07, 6.45) is 0. The van der Waals surface area contributed by atoms with Crippen LogP contribution >= 0.6 is 15.9 Å². The SMILES string of the molecule is COCCOCc1cc(N)cc(Br)c1. The van der Waals surface area contributed by atoms with E-state index in [-0.39, 0.29) is 0 Å². The first-order chi connectivity index (χ1) is 6.72. The molecule has 4 heteroatoms. The van der Waals surface area contributed by atoms with Crippen LogP contribution in [-0.2, 0) is 16.1 Å². The zero-order chi connectivity index (χ0) is 10.4. The van der Waals surface area contributed by atoms with Gasteiger partial charge in [-0.25, -0.2) is 0 Å². The summed E-state index contributed by atoms with van der Waals surface area (Å²) >= 11 is 3.38. The molecule has 0 aliphatic rings. The summed E-state index contributed by atoms with van der Waals surface area (Å²) < 4.78 is 11.2. The lowest BCUT2D eigenvalue weighted by atomic mass is 10.2. The van der Waals surface area contributed by atoms with E-state index in [9.17, 15) is 0 Å². The predicted molar refractivity (Wildman–Crippen MR) is 60.1 cm³/mol. The van der Waals surface area contributed by atoms with Gasteiger partial charge in [0.2, 0.25) is 0 Å². The van der Waals surface area contributed by atoms with Crippen LogP contribution < -0.4 is 5.73 Å². The molecular weight excluding hydrogens is 246 g/mol. The van der Waals surface area contributed by atoms with Gasteiger partial charge in [0.25, 0.3) is 0 Å². The van der Waals surface area contributed by atoms with Gasteiger partial charge in [-0.2, -0.15) is 0 Å². The Bertz CT molecular complexity index is 271. The molecule has 3 nitrogen and oxygen atoms in total. The number of anilines is 1. The maximum atomic E-state index is 5.68. The third kappa shape index (κ3) is 4.09. The molecule has 0 saturated heterocycles. The van der Waals surface area contributed by atoms with E-state index in [2.05, 4.69) is 15.9 Å². The third-order valence-corrected chi connectivity index (χ3v) is 2.14. The molecule has 0 heterocycles. The van der Waals surface area contributed by atoms with Gasteiger partial charge in [0.1, 0.15) is 0 Å². The number of hydrogen-bond acceptors (Lipinski definition) is 3. The van der Waals surface area contributed by atoms with Crippen molar-refractivity contribution in [1.82, 2.24) is 0 Å². The van der Waals surface area contributed by atoms with E-state index in [4.69, 9.17) is 15.2 Å². The minimum absolute atomic E-state index is 0.562. The van der Waals surface area contributed by atoms with Crippen molar-refractivity contribution in [2.24, 2.45) is 0 Å². The summed E-state index contributed by atoms with van der Waals surface area (Å²) in [6, 6.07) is 5.75. The van der Waals surface area contributed by atoms with Crippen LogP contribution in [0.4, 0.5) is 5.69 Å². The highest BCUT2D eigenvalue weighted by Crippen LogP contribution is 2.17. The molecule has 0 unspecified atom stereocenters. The van der Waals surface area contributed by atoms with E-state index in [1.807, 2.05) is 18.2 Å². The molecule has 1 aromatic rings. The molecule has 0 bridgehead atoms. The zero-order valence-electron chi connectivity index (χ0n) is 8.13. The Kier molecular flexibility index (Phi) is 4.93. The van der Waals surface area contributed by atoms with Crippen molar-refractivity contribution in [2.45, 2.75) is 6.61 Å². The van der Waals surface area contributed by atoms with Gasteiger partial charge in [0, 0.05) is 17.3 Å². The average molecular weight is 260 g/mol. The van der Waals surface area contributed by atoms with Crippen molar-refractivity contribution in [3.05, 3.63) is 28.2 Å². The largest absolute Gasteiger partial charge is 0.399 e. The maximum absolute atomic E-state index is 5.68. The number of nitrogen functional groups attached to an aromatic ring is 1. The van der Waals surface area contributed by atoms with Gasteiger partial charge in [-0.15, -0.1) is 0 Å². The Morgan fingerprint density at radius 3 is 2.71 bits per heavy atom. The van der Waals surface area contributed by atoms with Crippen molar-refractivity contribution in [3.63, 3.8) is 0 Å². The molecule has 1 aromatic carbocycles. The minimum atomic E-state index is 0.562. The van der Waals surface area contributed by atoms with Crippen LogP contribution in [0.2, 0.25) is 0 Å². The topological polar surface area (TPSA) is 44.5 Å². The van der Waals surface area contributed by atoms with Gasteiger partial charge >= 0.3 is 0 Å². The van der Waals surface area contributed by atoms with Crippen LogP contribution in [0, 0.1) is 0 Å². The molecule has 0 radical (unpaired) electrons. The van der Waals surface area contributed by atoms with Crippen molar-refractivity contribution in [3.8, 4) is 0 Å². The lowest BCUT2D eigenvalue weighted by Crippen LogP contribution is -2.02. The van der Waals surface area contributed by atoms with Gasteiger partial charge < -0.3 is 15.2 Å². The second kappa shape index (κ2) is 6.01. The number of nitrogens with two attached hydrogens (primary N) is 1. The molecular formula is C10H14BrNO2. The van der Waals surface area contributed by atoms with Crippen molar-refractivity contribution >= 4 is 21.6 Å². The quantitative estimate of drug-likeness (QED) is 0.652. The van der Waals surface area contributed by atoms with Crippen LogP contribution in [0.5, 0.6) is 0 Å². The van der Waals surface area contributed by atoms with Crippen molar-refractivity contribution in [2.75, 3.05) is 26.1 Å². The van der Waals surface area contributed by atoms with E-state index in [0.29, 0.717) is 19.8 Å². The monoisotopic (exact) mass is 259 g/mol. The minimum Gasteiger partial charge on any atom is -0.399 e. The second-order valence-electron chi connectivity index (χ2n) is 2.94. The Morgan fingerprint density at radius 2 is 2.07 bits per heavy atom. The molecule has 2 N–H and O–H groups in total. The fraction of sp³-hybridized carbons (Fsp3) is 0.400. The zero-order valence-corrected chi connectivity index (χ0v) is 9.71. The molecule has 0 atom stereocenters. The second-order valence-corrected chi connectivity index (χ2v) is 3.85. The molecule has 0 fully saturated rings. The molecule has 0 saturated carbocycles. The highest BCUT2D eigenvalue weighted by atomic mass is 79.9. The number of benzene rings is 1. The first-order valence-electron chi connectivity index (χ1n) is 4.34. The van der Waals surface area contributed by atoms with Crippen LogP contribution in [0.15, 0.2) is 22.7 Å². The lowest BCUT2D eigenvalue weighted by Gasteiger charge is -2.05. The smallest absolute Gasteiger partial charge is 0.0719 e. The van der Waals surface area contributed by atoms with E-state index in [0.717, 1.165) is 15.7 Å². The summed E-state index contributed by atoms with van der Waals surface area (Å²) in [4.78, 5) is 0. The summed E-state index contributed by atoms with van der Waals surface area (Å²) in [5, 5.41) is 0. The van der Waals surface area contributed by atoms with Crippen LogP contribution in [0.25, 0.3) is 0 Å². The van der Waals surface area contributed by atoms with Crippen LogP contribution in [-0.4, -0.2) is 20.3 Å². The number of ether oxygens (including phenoxy) is 2. The Labute approximate surface area is 92.3 Å². The molecule has 1 rings (SSSR count). The summed E-state index contributed by atoms with van der Waals surface area (Å²) in [6.45, 7) is 1.78. The number of halogens is 1. The number of rotatable bonds is 5. The van der Waals surface area contributed by atoms with Crippen molar-refractivity contribution < 1.29 is 9.47 Å². The van der Waals surface area contributed by atoms with Crippen LogP contribution in [0.3, 0.4) is 0 Å².